The summed E-state index contributed by atoms with van der Waals surface area (Å²) in [5.74, 6) is 0. The second-order valence-electron chi connectivity index (χ2n) is 2.14. The summed E-state index contributed by atoms with van der Waals surface area (Å²) < 4.78 is 107. The van der Waals surface area contributed by atoms with E-state index in [0.29, 0.717) is 22.6 Å². The van der Waals surface area contributed by atoms with Crippen molar-refractivity contribution in [1.29, 1.82) is 0 Å². The first kappa shape index (κ1) is 20.3. The van der Waals surface area contributed by atoms with Crippen molar-refractivity contribution < 1.29 is 43.9 Å². The van der Waals surface area contributed by atoms with Gasteiger partial charge in [0.15, 0.2) is 8.06 Å². The molecule has 0 radical (unpaired) electrons. The molecule has 0 saturated heterocycles. The average molecular weight is 469 g/mol. The molecule has 0 N–H and O–H groups in total. The number of alkyl halides is 6. The summed E-state index contributed by atoms with van der Waals surface area (Å²) in [5, 5.41) is 0. The summed E-state index contributed by atoms with van der Waals surface area (Å²) >= 11 is 2.21. The minimum Gasteiger partial charge on any atom is -0.172 e. The summed E-state index contributed by atoms with van der Waals surface area (Å²) in [6.45, 7) is 0. The number of hydrogen-bond donors (Lipinski definition) is 0. The van der Waals surface area contributed by atoms with Gasteiger partial charge in [-0.3, -0.25) is 0 Å². The second kappa shape index (κ2) is 7.55. The molecule has 18 heavy (non-hydrogen) atoms. The molecule has 0 spiro atoms. The summed E-state index contributed by atoms with van der Waals surface area (Å²) in [6.07, 6.45) is -15.3. The highest BCUT2D eigenvalue weighted by atomic mass is 127. The summed E-state index contributed by atoms with van der Waals surface area (Å²) in [6, 6.07) is 0. The van der Waals surface area contributed by atoms with Crippen molar-refractivity contribution in [1.82, 2.24) is 0 Å². The van der Waals surface area contributed by atoms with Crippen LogP contribution in [0.3, 0.4) is 0 Å². The Labute approximate surface area is 115 Å². The third-order valence-electron chi connectivity index (χ3n) is 0.830. The van der Waals surface area contributed by atoms with Gasteiger partial charge in [-0.05, 0) is 38.5 Å². The van der Waals surface area contributed by atoms with Crippen LogP contribution < -0.4 is 0 Å². The van der Waals surface area contributed by atoms with Gasteiger partial charge < -0.3 is 0 Å². The van der Waals surface area contributed by atoms with Crippen molar-refractivity contribution in [2.45, 2.75) is 12.4 Å². The maximum absolute atomic E-state index is 11.2. The Bertz CT molecular complexity index is 295. The first-order valence-electron chi connectivity index (χ1n) is 3.27. The fourth-order valence-corrected chi connectivity index (χ4v) is 0.214. The molecule has 0 heterocycles. The van der Waals surface area contributed by atoms with E-state index in [9.17, 15) is 43.9 Å². The first-order chi connectivity index (χ1) is 7.71. The van der Waals surface area contributed by atoms with E-state index in [2.05, 4.69) is 0 Å². The van der Waals surface area contributed by atoms with Gasteiger partial charge in [0.2, 0.25) is 0 Å². The normalized spacial score (nSPS) is 11.3. The average Bonchev–Trinajstić information content (AvgIpc) is 2.13. The second-order valence-corrected chi connectivity index (χ2v) is 4.02. The summed E-state index contributed by atoms with van der Waals surface area (Å²) in [7, 11) is 0. The van der Waals surface area contributed by atoms with Gasteiger partial charge >= 0.3 is 12.4 Å². The van der Waals surface area contributed by atoms with Crippen LogP contribution in [0.1, 0.15) is 0 Å². The van der Waals surface area contributed by atoms with Crippen LogP contribution in [-0.2, 0) is 0 Å². The van der Waals surface area contributed by atoms with Gasteiger partial charge in [-0.1, -0.05) is 0 Å². The molecule has 0 atom stereocenters. The van der Waals surface area contributed by atoms with Gasteiger partial charge in [0.1, 0.15) is 0 Å². The topological polar surface area (TPSA) is 0 Å². The number of hydrogen-bond acceptors (Lipinski definition) is 0. The highest BCUT2D eigenvalue weighted by Crippen LogP contribution is 2.34. The first-order valence-corrected chi connectivity index (χ1v) is 5.14. The molecule has 0 aromatic heterocycles. The van der Waals surface area contributed by atoms with E-state index in [1.165, 1.54) is 0 Å². The van der Waals surface area contributed by atoms with Crippen LogP contribution >= 0.6 is 38.5 Å². The molecule has 0 bridgehead atoms. The van der Waals surface area contributed by atoms with Crippen molar-refractivity contribution in [3.05, 3.63) is 20.2 Å². The largest absolute Gasteiger partial charge is 0.428 e. The quantitative estimate of drug-likeness (QED) is 0.296. The highest BCUT2D eigenvalue weighted by molar-refractivity contribution is 14.1. The minimum atomic E-state index is -4.97. The van der Waals surface area contributed by atoms with Crippen molar-refractivity contribution >= 4 is 38.5 Å². The van der Waals surface area contributed by atoms with Crippen LogP contribution in [0.25, 0.3) is 0 Å². The molecule has 0 unspecified atom stereocenters. The lowest BCUT2D eigenvalue weighted by Gasteiger charge is -2.01. The Morgan fingerprint density at radius 1 is 0.722 bits per heavy atom. The van der Waals surface area contributed by atoms with E-state index in [0.717, 1.165) is 0 Å². The molecule has 108 valence electrons. The Morgan fingerprint density at radius 3 is 1.06 bits per heavy atom. The monoisotopic (exact) mass is 468 g/mol. The highest BCUT2D eigenvalue weighted by Gasteiger charge is 2.36. The fourth-order valence-electron chi connectivity index (χ4n) is 0.214. The minimum absolute atomic E-state index is 0.543. The Morgan fingerprint density at radius 2 is 1.06 bits per heavy atom. The van der Waals surface area contributed by atoms with E-state index < -0.39 is 32.6 Å². The Kier molecular flexibility index (Phi) is 8.52. The van der Waals surface area contributed by atoms with Crippen LogP contribution in [0.4, 0.5) is 43.9 Å². The molecule has 12 heteroatoms. The molecular formula is C6BrF10I. The maximum Gasteiger partial charge on any atom is 0.428 e. The zero-order valence-corrected chi connectivity index (χ0v) is 11.3. The van der Waals surface area contributed by atoms with Gasteiger partial charge in [0, 0.05) is 0 Å². The predicted octanol–water partition coefficient (Wildman–Crippen LogP) is 6.14. The molecule has 0 aliphatic carbocycles. The fraction of sp³-hybridized carbons (Fsp3) is 0.333. The molecule has 0 aliphatic rings. The molecule has 0 aromatic carbocycles. The molecule has 0 aromatic rings. The third-order valence-corrected chi connectivity index (χ3v) is 2.60. The Balaban J connectivity index is 0. The summed E-state index contributed by atoms with van der Waals surface area (Å²) in [5.41, 5.74) is 0. The van der Waals surface area contributed by atoms with Gasteiger partial charge in [-0.15, -0.1) is 0 Å². The van der Waals surface area contributed by atoms with Crippen molar-refractivity contribution in [3.8, 4) is 0 Å². The van der Waals surface area contributed by atoms with Crippen molar-refractivity contribution in [2.75, 3.05) is 0 Å². The lowest BCUT2D eigenvalue weighted by Crippen LogP contribution is -2.07. The van der Waals surface area contributed by atoms with Crippen LogP contribution in [-0.4, -0.2) is 12.4 Å². The van der Waals surface area contributed by atoms with E-state index in [1.807, 2.05) is 0 Å². The van der Waals surface area contributed by atoms with E-state index in [-0.39, 0.29) is 0 Å². The molecule has 0 rings (SSSR count). The van der Waals surface area contributed by atoms with Crippen molar-refractivity contribution in [3.63, 3.8) is 0 Å². The molecule has 0 fully saturated rings. The predicted molar refractivity (Wildman–Crippen MR) is 53.5 cm³/mol. The van der Waals surface area contributed by atoms with Gasteiger partial charge in [-0.2, -0.15) is 43.9 Å². The zero-order chi connectivity index (χ0) is 15.3. The standard InChI is InChI=1S/C3BrF5.C3F5I/c4-1(2(5)6)3(7,8)9;4-2(5)1(9)3(6,7)8. The number of rotatable bonds is 0. The van der Waals surface area contributed by atoms with Crippen LogP contribution in [0.2, 0.25) is 0 Å². The van der Waals surface area contributed by atoms with Gasteiger partial charge in [0.25, 0.3) is 12.2 Å². The van der Waals surface area contributed by atoms with E-state index in [1.54, 1.807) is 15.9 Å². The molecule has 0 nitrogen and oxygen atoms in total. The molecule has 0 aliphatic heterocycles. The van der Waals surface area contributed by atoms with Gasteiger partial charge in [0.05, 0.1) is 0 Å². The van der Waals surface area contributed by atoms with E-state index in [4.69, 9.17) is 0 Å². The van der Waals surface area contributed by atoms with Crippen LogP contribution in [0.5, 0.6) is 0 Å². The SMILES string of the molecule is FC(F)=C(Br)C(F)(F)F.FC(F)=C(I)C(F)(F)F. The van der Waals surface area contributed by atoms with Gasteiger partial charge in [-0.25, -0.2) is 0 Å². The van der Waals surface area contributed by atoms with Crippen LogP contribution in [0, 0.1) is 0 Å². The lowest BCUT2D eigenvalue weighted by molar-refractivity contribution is -0.0864. The third kappa shape index (κ3) is 8.99. The number of allylic oxidation sites excluding steroid dienone is 2. The molecular weight excluding hydrogens is 469 g/mol. The lowest BCUT2D eigenvalue weighted by atomic mass is 10.6. The van der Waals surface area contributed by atoms with E-state index >= 15 is 0 Å². The summed E-state index contributed by atoms with van der Waals surface area (Å²) in [4.78, 5) is 0. The van der Waals surface area contributed by atoms with Crippen molar-refractivity contribution in [2.24, 2.45) is 0 Å². The number of halogens is 12. The zero-order valence-electron chi connectivity index (χ0n) is 7.54. The molecule has 0 amide bonds. The van der Waals surface area contributed by atoms with Crippen LogP contribution in [0.15, 0.2) is 20.2 Å². The Hall–Kier alpha value is -0.0100. The smallest absolute Gasteiger partial charge is 0.172 e. The maximum atomic E-state index is 11.2. The molecule has 0 saturated carbocycles.